The van der Waals surface area contributed by atoms with Crippen molar-refractivity contribution in [2.24, 2.45) is 5.73 Å². The number of nitrogens with one attached hydrogen (secondary N) is 2. The molecular formula is C17H15BrClN3O4. The number of benzene rings is 2. The second kappa shape index (κ2) is 9.21. The number of esters is 1. The highest BCUT2D eigenvalue weighted by molar-refractivity contribution is 9.10. The quantitative estimate of drug-likeness (QED) is 0.599. The van der Waals surface area contributed by atoms with Gasteiger partial charge in [0.1, 0.15) is 0 Å². The van der Waals surface area contributed by atoms with Crippen molar-refractivity contribution in [3.8, 4) is 0 Å². The van der Waals surface area contributed by atoms with Gasteiger partial charge in [-0.2, -0.15) is 0 Å². The summed E-state index contributed by atoms with van der Waals surface area (Å²) in [5.41, 5.74) is 6.45. The van der Waals surface area contributed by atoms with E-state index >= 15 is 0 Å². The van der Waals surface area contributed by atoms with Crippen molar-refractivity contribution in [1.82, 2.24) is 5.32 Å². The molecule has 0 fully saturated rings. The standard InChI is InChI=1S/C17H15BrClN3O4/c18-12-5-6-14(13(19)7-12)22-15(23)9-26-16(24)11-3-1-10(2-4-11)8-21-17(20)25/h1-7H,8-9H2,(H,22,23)(H3,20,21,25). The van der Waals surface area contributed by atoms with Crippen molar-refractivity contribution in [2.75, 3.05) is 11.9 Å². The summed E-state index contributed by atoms with van der Waals surface area (Å²) in [6.45, 7) is -0.197. The van der Waals surface area contributed by atoms with Gasteiger partial charge in [-0.25, -0.2) is 9.59 Å². The molecule has 2 aromatic rings. The second-order valence-corrected chi connectivity index (χ2v) is 6.49. The smallest absolute Gasteiger partial charge is 0.338 e. The number of nitrogens with two attached hydrogens (primary N) is 1. The number of ether oxygens (including phenoxy) is 1. The van der Waals surface area contributed by atoms with Gasteiger partial charge in [0.2, 0.25) is 0 Å². The summed E-state index contributed by atoms with van der Waals surface area (Å²) < 4.78 is 5.75. The fraction of sp³-hybridized carbons (Fsp3) is 0.118. The maximum atomic E-state index is 12.0. The van der Waals surface area contributed by atoms with Crippen LogP contribution in [0, 0.1) is 0 Å². The lowest BCUT2D eigenvalue weighted by Crippen LogP contribution is -2.28. The topological polar surface area (TPSA) is 111 Å². The first-order chi connectivity index (χ1) is 12.3. The SMILES string of the molecule is NC(=O)NCc1ccc(C(=O)OCC(=O)Nc2ccc(Br)cc2Cl)cc1. The number of urea groups is 1. The summed E-state index contributed by atoms with van der Waals surface area (Å²) in [5, 5.41) is 5.36. The lowest BCUT2D eigenvalue weighted by Gasteiger charge is -2.09. The molecule has 0 bridgehead atoms. The first-order valence-electron chi connectivity index (χ1n) is 7.39. The number of amides is 3. The average molecular weight is 441 g/mol. The zero-order chi connectivity index (χ0) is 19.1. The molecule has 4 N–H and O–H groups in total. The Hall–Kier alpha value is -2.58. The van der Waals surface area contributed by atoms with Gasteiger partial charge in [-0.3, -0.25) is 4.79 Å². The van der Waals surface area contributed by atoms with Gasteiger partial charge in [-0.15, -0.1) is 0 Å². The van der Waals surface area contributed by atoms with Crippen LogP contribution in [0.2, 0.25) is 5.02 Å². The zero-order valence-corrected chi connectivity index (χ0v) is 15.8. The monoisotopic (exact) mass is 439 g/mol. The van der Waals surface area contributed by atoms with E-state index in [0.29, 0.717) is 10.7 Å². The van der Waals surface area contributed by atoms with E-state index in [1.54, 1.807) is 30.3 Å². The van der Waals surface area contributed by atoms with E-state index in [-0.39, 0.29) is 12.1 Å². The molecule has 3 amide bonds. The highest BCUT2D eigenvalue weighted by Gasteiger charge is 2.12. The van der Waals surface area contributed by atoms with E-state index in [2.05, 4.69) is 26.6 Å². The van der Waals surface area contributed by atoms with Crippen molar-refractivity contribution < 1.29 is 19.1 Å². The first kappa shape index (κ1) is 19.7. The van der Waals surface area contributed by atoms with Gasteiger partial charge < -0.3 is 21.1 Å². The van der Waals surface area contributed by atoms with E-state index in [4.69, 9.17) is 22.1 Å². The van der Waals surface area contributed by atoms with E-state index < -0.39 is 24.5 Å². The van der Waals surface area contributed by atoms with Crippen molar-refractivity contribution in [2.45, 2.75) is 6.54 Å². The minimum atomic E-state index is -0.642. The Labute approximate surface area is 163 Å². The van der Waals surface area contributed by atoms with Gasteiger partial charge >= 0.3 is 12.0 Å². The maximum Gasteiger partial charge on any atom is 0.338 e. The molecule has 0 aliphatic rings. The predicted octanol–water partition coefficient (Wildman–Crippen LogP) is 3.07. The van der Waals surface area contributed by atoms with Crippen molar-refractivity contribution >= 4 is 51.1 Å². The Morgan fingerprint density at radius 1 is 1.12 bits per heavy atom. The molecule has 0 saturated carbocycles. The van der Waals surface area contributed by atoms with E-state index in [9.17, 15) is 14.4 Å². The van der Waals surface area contributed by atoms with Crippen LogP contribution in [0.15, 0.2) is 46.9 Å². The van der Waals surface area contributed by atoms with Crippen molar-refractivity contribution in [1.29, 1.82) is 0 Å². The Morgan fingerprint density at radius 3 is 2.42 bits per heavy atom. The van der Waals surface area contributed by atoms with Crippen LogP contribution in [-0.2, 0) is 16.1 Å². The number of anilines is 1. The molecule has 0 radical (unpaired) electrons. The fourth-order valence-electron chi connectivity index (χ4n) is 1.94. The Balaban J connectivity index is 1.85. The molecular weight excluding hydrogens is 426 g/mol. The van der Waals surface area contributed by atoms with Crippen LogP contribution in [0.4, 0.5) is 10.5 Å². The van der Waals surface area contributed by atoms with Gasteiger partial charge in [0.25, 0.3) is 5.91 Å². The van der Waals surface area contributed by atoms with Gasteiger partial charge in [0.15, 0.2) is 6.61 Å². The molecule has 2 rings (SSSR count). The number of carbonyl (C=O) groups excluding carboxylic acids is 3. The lowest BCUT2D eigenvalue weighted by atomic mass is 10.1. The van der Waals surface area contributed by atoms with Crippen molar-refractivity contribution in [3.05, 3.63) is 63.1 Å². The molecule has 0 aromatic heterocycles. The summed E-state index contributed by atoms with van der Waals surface area (Å²) in [6, 6.07) is 10.7. The number of halogens is 2. The number of rotatable bonds is 6. The third-order valence-corrected chi connectivity index (χ3v) is 4.00. The molecule has 0 unspecified atom stereocenters. The summed E-state index contributed by atoms with van der Waals surface area (Å²) in [5.74, 6) is -1.15. The minimum Gasteiger partial charge on any atom is -0.452 e. The largest absolute Gasteiger partial charge is 0.452 e. The highest BCUT2D eigenvalue weighted by atomic mass is 79.9. The Kier molecular flexibility index (Phi) is 6.99. The van der Waals surface area contributed by atoms with Gasteiger partial charge in [-0.1, -0.05) is 39.7 Å². The van der Waals surface area contributed by atoms with Crippen LogP contribution in [0.25, 0.3) is 0 Å². The van der Waals surface area contributed by atoms with E-state index in [0.717, 1.165) is 10.0 Å². The molecule has 0 aliphatic carbocycles. The van der Waals surface area contributed by atoms with E-state index in [1.807, 2.05) is 0 Å². The Bertz CT molecular complexity index is 827. The molecule has 2 aromatic carbocycles. The van der Waals surface area contributed by atoms with Crippen LogP contribution in [0.1, 0.15) is 15.9 Å². The highest BCUT2D eigenvalue weighted by Crippen LogP contribution is 2.25. The molecule has 0 spiro atoms. The predicted molar refractivity (Wildman–Crippen MR) is 101 cm³/mol. The van der Waals surface area contributed by atoms with Gasteiger partial charge in [-0.05, 0) is 35.9 Å². The van der Waals surface area contributed by atoms with Crippen LogP contribution in [0.3, 0.4) is 0 Å². The third-order valence-electron chi connectivity index (χ3n) is 3.20. The first-order valence-corrected chi connectivity index (χ1v) is 8.56. The molecule has 7 nitrogen and oxygen atoms in total. The third kappa shape index (κ3) is 6.05. The fourth-order valence-corrected chi connectivity index (χ4v) is 2.66. The average Bonchev–Trinajstić information content (AvgIpc) is 2.60. The molecule has 9 heteroatoms. The van der Waals surface area contributed by atoms with E-state index in [1.165, 1.54) is 12.1 Å². The van der Waals surface area contributed by atoms with Crippen LogP contribution in [0.5, 0.6) is 0 Å². The number of carbonyl (C=O) groups is 3. The summed E-state index contributed by atoms with van der Waals surface area (Å²) in [6.07, 6.45) is 0. The Morgan fingerprint density at radius 2 is 1.81 bits per heavy atom. The van der Waals surface area contributed by atoms with Crippen molar-refractivity contribution in [3.63, 3.8) is 0 Å². The lowest BCUT2D eigenvalue weighted by molar-refractivity contribution is -0.119. The normalized spacial score (nSPS) is 10.1. The molecule has 0 atom stereocenters. The maximum absolute atomic E-state index is 12.0. The van der Waals surface area contributed by atoms with Crippen LogP contribution < -0.4 is 16.4 Å². The number of hydrogen-bond donors (Lipinski definition) is 3. The molecule has 26 heavy (non-hydrogen) atoms. The zero-order valence-electron chi connectivity index (χ0n) is 13.4. The summed E-state index contributed by atoms with van der Waals surface area (Å²) in [4.78, 5) is 34.5. The van der Waals surface area contributed by atoms with Gasteiger partial charge in [0.05, 0.1) is 16.3 Å². The van der Waals surface area contributed by atoms with Crippen LogP contribution >= 0.6 is 27.5 Å². The number of primary amides is 1. The summed E-state index contributed by atoms with van der Waals surface area (Å²) >= 11 is 9.27. The molecule has 136 valence electrons. The van der Waals surface area contributed by atoms with Crippen LogP contribution in [-0.4, -0.2) is 24.5 Å². The summed E-state index contributed by atoms with van der Waals surface area (Å²) in [7, 11) is 0. The second-order valence-electron chi connectivity index (χ2n) is 5.16. The number of hydrogen-bond acceptors (Lipinski definition) is 4. The molecule has 0 aliphatic heterocycles. The van der Waals surface area contributed by atoms with Gasteiger partial charge in [0, 0.05) is 11.0 Å². The molecule has 0 heterocycles. The minimum absolute atomic E-state index is 0.251. The molecule has 0 saturated heterocycles.